The van der Waals surface area contributed by atoms with E-state index in [1.54, 1.807) is 0 Å². The van der Waals surface area contributed by atoms with Gasteiger partial charge in [0, 0.05) is 5.56 Å². The normalized spacial score (nSPS) is 10.9. The fourth-order valence-electron chi connectivity index (χ4n) is 1.80. The van der Waals surface area contributed by atoms with Crippen molar-refractivity contribution in [1.82, 2.24) is 15.0 Å². The molecule has 0 atom stereocenters. The van der Waals surface area contributed by atoms with E-state index in [-0.39, 0.29) is 0 Å². The standard InChI is InChI=1S/C13H10Cl2N4S/c1-2-7-10(14)17-12(18-11(7)15)19-13-16-8-5-3-4-6-9(8)20-13/h3-6H,2H2,1H3,(H,16,17,18,19). The highest BCUT2D eigenvalue weighted by Crippen LogP contribution is 2.29. The number of hydrogen-bond donors (Lipinski definition) is 1. The van der Waals surface area contributed by atoms with Crippen LogP contribution in [0.25, 0.3) is 10.2 Å². The molecule has 0 saturated carbocycles. The number of benzene rings is 1. The molecular formula is C13H10Cl2N4S. The first-order valence-electron chi connectivity index (χ1n) is 6.02. The summed E-state index contributed by atoms with van der Waals surface area (Å²) >= 11 is 13.7. The molecule has 3 rings (SSSR count). The minimum atomic E-state index is 0.358. The number of fused-ring (bicyclic) bond motifs is 1. The molecule has 0 aliphatic carbocycles. The van der Waals surface area contributed by atoms with Gasteiger partial charge in [-0.1, -0.05) is 53.6 Å². The van der Waals surface area contributed by atoms with Gasteiger partial charge in [-0.25, -0.2) is 15.0 Å². The van der Waals surface area contributed by atoms with Crippen LogP contribution in [-0.2, 0) is 6.42 Å². The maximum absolute atomic E-state index is 6.09. The van der Waals surface area contributed by atoms with Gasteiger partial charge in [0.1, 0.15) is 10.3 Å². The summed E-state index contributed by atoms with van der Waals surface area (Å²) < 4.78 is 1.09. The molecule has 3 aromatic rings. The number of nitrogens with one attached hydrogen (secondary N) is 1. The monoisotopic (exact) mass is 324 g/mol. The van der Waals surface area contributed by atoms with Gasteiger partial charge in [-0.2, -0.15) is 0 Å². The Labute approximate surface area is 129 Å². The molecule has 4 nitrogen and oxygen atoms in total. The largest absolute Gasteiger partial charge is 0.300 e. The molecule has 20 heavy (non-hydrogen) atoms. The maximum atomic E-state index is 6.09. The fraction of sp³-hybridized carbons (Fsp3) is 0.154. The first-order chi connectivity index (χ1) is 9.67. The van der Waals surface area contributed by atoms with Gasteiger partial charge in [0.2, 0.25) is 5.95 Å². The number of hydrogen-bond acceptors (Lipinski definition) is 5. The Balaban J connectivity index is 1.94. The molecule has 2 aromatic heterocycles. The zero-order chi connectivity index (χ0) is 14.1. The van der Waals surface area contributed by atoms with Crippen molar-refractivity contribution in [2.24, 2.45) is 0 Å². The Kier molecular flexibility index (Phi) is 3.74. The van der Waals surface area contributed by atoms with Gasteiger partial charge in [-0.05, 0) is 18.6 Å². The number of thiazole rings is 1. The molecule has 1 N–H and O–H groups in total. The molecule has 0 fully saturated rings. The van der Waals surface area contributed by atoms with E-state index in [0.29, 0.717) is 27.8 Å². The summed E-state index contributed by atoms with van der Waals surface area (Å²) in [6, 6.07) is 7.90. The first-order valence-corrected chi connectivity index (χ1v) is 7.59. The first kappa shape index (κ1) is 13.5. The van der Waals surface area contributed by atoms with Crippen molar-refractivity contribution in [3.8, 4) is 0 Å². The summed E-state index contributed by atoms with van der Waals surface area (Å²) in [4.78, 5) is 12.8. The smallest absolute Gasteiger partial charge is 0.231 e. The molecule has 0 amide bonds. The Morgan fingerprint density at radius 3 is 2.45 bits per heavy atom. The zero-order valence-electron chi connectivity index (χ0n) is 10.5. The van der Waals surface area contributed by atoms with Gasteiger partial charge in [0.05, 0.1) is 10.2 Å². The molecular weight excluding hydrogens is 315 g/mol. The lowest BCUT2D eigenvalue weighted by Gasteiger charge is -2.06. The highest BCUT2D eigenvalue weighted by Gasteiger charge is 2.11. The Bertz CT molecular complexity index is 716. The molecule has 0 aliphatic heterocycles. The van der Waals surface area contributed by atoms with E-state index >= 15 is 0 Å². The van der Waals surface area contributed by atoms with E-state index in [2.05, 4.69) is 20.3 Å². The average Bonchev–Trinajstić information content (AvgIpc) is 2.80. The third kappa shape index (κ3) is 2.57. The van der Waals surface area contributed by atoms with Gasteiger partial charge < -0.3 is 0 Å². The lowest BCUT2D eigenvalue weighted by Crippen LogP contribution is -2.00. The third-order valence-corrected chi connectivity index (χ3v) is 4.35. The van der Waals surface area contributed by atoms with Crippen LogP contribution < -0.4 is 5.32 Å². The van der Waals surface area contributed by atoms with Gasteiger partial charge in [0.25, 0.3) is 0 Å². The summed E-state index contributed by atoms with van der Waals surface area (Å²) in [5.41, 5.74) is 1.69. The van der Waals surface area contributed by atoms with Crippen LogP contribution in [0.5, 0.6) is 0 Å². The number of para-hydroxylation sites is 1. The number of nitrogens with zero attached hydrogens (tertiary/aromatic N) is 3. The van der Waals surface area contributed by atoms with Crippen LogP contribution in [0, 0.1) is 0 Å². The predicted molar refractivity (Wildman–Crippen MR) is 84.3 cm³/mol. The van der Waals surface area contributed by atoms with Crippen molar-refractivity contribution in [2.45, 2.75) is 13.3 Å². The van der Waals surface area contributed by atoms with Crippen LogP contribution in [0.1, 0.15) is 12.5 Å². The van der Waals surface area contributed by atoms with Gasteiger partial charge in [-0.3, -0.25) is 5.32 Å². The Morgan fingerprint density at radius 2 is 1.80 bits per heavy atom. The van der Waals surface area contributed by atoms with E-state index in [0.717, 1.165) is 15.8 Å². The molecule has 2 heterocycles. The predicted octanol–water partition coefficient (Wildman–Crippen LogP) is 4.70. The van der Waals surface area contributed by atoms with Crippen LogP contribution >= 0.6 is 34.5 Å². The summed E-state index contributed by atoms with van der Waals surface area (Å²) in [6.07, 6.45) is 0.694. The maximum Gasteiger partial charge on any atom is 0.231 e. The summed E-state index contributed by atoms with van der Waals surface area (Å²) in [5, 5.41) is 4.50. The number of rotatable bonds is 3. The van der Waals surface area contributed by atoms with Crippen molar-refractivity contribution >= 4 is 55.8 Å². The van der Waals surface area contributed by atoms with Crippen molar-refractivity contribution < 1.29 is 0 Å². The summed E-state index contributed by atoms with van der Waals surface area (Å²) in [5.74, 6) is 0.358. The molecule has 0 bridgehead atoms. The zero-order valence-corrected chi connectivity index (χ0v) is 12.9. The third-order valence-electron chi connectivity index (χ3n) is 2.77. The van der Waals surface area contributed by atoms with E-state index in [4.69, 9.17) is 23.2 Å². The number of aromatic nitrogens is 3. The molecule has 0 radical (unpaired) electrons. The molecule has 7 heteroatoms. The van der Waals surface area contributed by atoms with Crippen LogP contribution in [0.2, 0.25) is 10.3 Å². The van der Waals surface area contributed by atoms with Gasteiger partial charge >= 0.3 is 0 Å². The Hall–Kier alpha value is -1.43. The summed E-state index contributed by atoms with van der Waals surface area (Å²) in [6.45, 7) is 1.96. The molecule has 102 valence electrons. The van der Waals surface area contributed by atoms with Gasteiger partial charge in [-0.15, -0.1) is 0 Å². The number of halogens is 2. The van der Waals surface area contributed by atoms with Crippen LogP contribution in [0.3, 0.4) is 0 Å². The topological polar surface area (TPSA) is 50.7 Å². The van der Waals surface area contributed by atoms with E-state index in [1.807, 2.05) is 31.2 Å². The van der Waals surface area contributed by atoms with Crippen molar-refractivity contribution in [3.63, 3.8) is 0 Å². The minimum absolute atomic E-state index is 0.358. The molecule has 0 unspecified atom stereocenters. The molecule has 0 aliphatic rings. The second kappa shape index (κ2) is 5.52. The fourth-order valence-corrected chi connectivity index (χ4v) is 3.31. The van der Waals surface area contributed by atoms with Crippen LogP contribution in [0.4, 0.5) is 11.1 Å². The second-order valence-corrected chi connectivity index (χ2v) is 5.82. The highest BCUT2D eigenvalue weighted by atomic mass is 35.5. The lowest BCUT2D eigenvalue weighted by atomic mass is 10.3. The van der Waals surface area contributed by atoms with Crippen molar-refractivity contribution in [2.75, 3.05) is 5.32 Å². The Morgan fingerprint density at radius 1 is 1.10 bits per heavy atom. The summed E-state index contributed by atoms with van der Waals surface area (Å²) in [7, 11) is 0. The SMILES string of the molecule is CCc1c(Cl)nc(Nc2nc3ccccc3s2)nc1Cl. The van der Waals surface area contributed by atoms with E-state index < -0.39 is 0 Å². The van der Waals surface area contributed by atoms with E-state index in [9.17, 15) is 0 Å². The average molecular weight is 325 g/mol. The quantitative estimate of drug-likeness (QED) is 0.709. The van der Waals surface area contributed by atoms with Gasteiger partial charge in [0.15, 0.2) is 5.13 Å². The lowest BCUT2D eigenvalue weighted by molar-refractivity contribution is 1.05. The van der Waals surface area contributed by atoms with Crippen molar-refractivity contribution in [3.05, 3.63) is 40.1 Å². The highest BCUT2D eigenvalue weighted by molar-refractivity contribution is 7.22. The molecule has 0 saturated heterocycles. The van der Waals surface area contributed by atoms with Crippen molar-refractivity contribution in [1.29, 1.82) is 0 Å². The molecule has 1 aromatic carbocycles. The van der Waals surface area contributed by atoms with E-state index in [1.165, 1.54) is 11.3 Å². The number of anilines is 2. The molecule has 0 spiro atoms. The minimum Gasteiger partial charge on any atom is -0.300 e. The second-order valence-electron chi connectivity index (χ2n) is 4.07. The van der Waals surface area contributed by atoms with Crippen LogP contribution in [0.15, 0.2) is 24.3 Å². The van der Waals surface area contributed by atoms with Crippen LogP contribution in [-0.4, -0.2) is 15.0 Å².